The van der Waals surface area contributed by atoms with E-state index in [9.17, 15) is 9.59 Å². The normalized spacial score (nSPS) is 14.4. The number of hydrogen-bond donors (Lipinski definition) is 2. The molecule has 174 valence electrons. The standard InChI is InChI=1S/C26H27N5O3/c1-17-20-5-3-4-6-22(20)34-23(17)16-30(2)24(32)8-7-18-13-19-14-21(31-11-9-27-10-12-31)26(33)29-25(19)28-15-18/h3-8,13-15,27H,9-12,16H2,1-2H3,(H,28,29,33). The molecule has 0 saturated carbocycles. The average Bonchev–Trinajstić information content (AvgIpc) is 3.17. The van der Waals surface area contributed by atoms with Crippen molar-refractivity contribution in [3.05, 3.63) is 75.9 Å². The maximum Gasteiger partial charge on any atom is 0.273 e. The van der Waals surface area contributed by atoms with E-state index < -0.39 is 0 Å². The second-order valence-corrected chi connectivity index (χ2v) is 8.60. The summed E-state index contributed by atoms with van der Waals surface area (Å²) in [5, 5.41) is 5.19. The van der Waals surface area contributed by atoms with E-state index in [0.29, 0.717) is 17.9 Å². The molecule has 1 fully saturated rings. The van der Waals surface area contributed by atoms with Crippen LogP contribution in [0.15, 0.2) is 57.9 Å². The first-order chi connectivity index (χ1) is 16.5. The van der Waals surface area contributed by atoms with Gasteiger partial charge in [0, 0.05) is 61.8 Å². The number of aryl methyl sites for hydroxylation is 1. The van der Waals surface area contributed by atoms with Crippen LogP contribution in [0.2, 0.25) is 0 Å². The molecule has 0 spiro atoms. The number of hydrogen-bond acceptors (Lipinski definition) is 6. The smallest absolute Gasteiger partial charge is 0.273 e. The number of fused-ring (bicyclic) bond motifs is 2. The minimum Gasteiger partial charge on any atom is -0.459 e. The first-order valence-corrected chi connectivity index (χ1v) is 11.4. The number of amides is 1. The molecule has 0 unspecified atom stereocenters. The van der Waals surface area contributed by atoms with E-state index in [1.807, 2.05) is 43.3 Å². The summed E-state index contributed by atoms with van der Waals surface area (Å²) < 4.78 is 5.94. The summed E-state index contributed by atoms with van der Waals surface area (Å²) in [6.45, 7) is 5.66. The van der Waals surface area contributed by atoms with E-state index in [0.717, 1.165) is 59.4 Å². The predicted octanol–water partition coefficient (Wildman–Crippen LogP) is 3.06. The van der Waals surface area contributed by atoms with Gasteiger partial charge in [-0.05, 0) is 36.8 Å². The number of rotatable bonds is 5. The van der Waals surface area contributed by atoms with Crippen molar-refractivity contribution in [1.82, 2.24) is 20.2 Å². The molecule has 1 aromatic carbocycles. The molecule has 3 aromatic heterocycles. The topological polar surface area (TPSA) is 94.5 Å². The molecule has 5 rings (SSSR count). The van der Waals surface area contributed by atoms with Crippen LogP contribution in [0.5, 0.6) is 0 Å². The molecule has 1 amide bonds. The Kier molecular flexibility index (Phi) is 5.90. The maximum atomic E-state index is 12.7. The summed E-state index contributed by atoms with van der Waals surface area (Å²) in [4.78, 5) is 36.2. The summed E-state index contributed by atoms with van der Waals surface area (Å²) in [6, 6.07) is 11.7. The molecule has 2 N–H and O–H groups in total. The van der Waals surface area contributed by atoms with Crippen LogP contribution in [-0.2, 0) is 11.3 Å². The summed E-state index contributed by atoms with van der Waals surface area (Å²) in [5.74, 6) is 0.644. The van der Waals surface area contributed by atoms with E-state index in [2.05, 4.69) is 20.2 Å². The van der Waals surface area contributed by atoms with Crippen molar-refractivity contribution in [2.45, 2.75) is 13.5 Å². The van der Waals surface area contributed by atoms with Gasteiger partial charge in [-0.25, -0.2) is 4.98 Å². The van der Waals surface area contributed by atoms with E-state index in [4.69, 9.17) is 4.42 Å². The van der Waals surface area contributed by atoms with Crippen molar-refractivity contribution >= 4 is 39.7 Å². The Labute approximate surface area is 196 Å². The minimum absolute atomic E-state index is 0.136. The Morgan fingerprint density at radius 2 is 2.03 bits per heavy atom. The first kappa shape index (κ1) is 21.9. The molecule has 0 aliphatic carbocycles. The number of likely N-dealkylation sites (N-methyl/N-ethyl adjacent to an activating group) is 1. The first-order valence-electron chi connectivity index (χ1n) is 11.4. The SMILES string of the molecule is Cc1c(CN(C)C(=O)C=Cc2cnc3[nH]c(=O)c(N4CCNCC4)cc3c2)oc2ccccc12. The summed E-state index contributed by atoms with van der Waals surface area (Å²) in [6.07, 6.45) is 4.92. The fraction of sp³-hybridized carbons (Fsp3) is 0.269. The number of anilines is 1. The highest BCUT2D eigenvalue weighted by molar-refractivity contribution is 5.92. The van der Waals surface area contributed by atoms with Gasteiger partial charge in [-0.2, -0.15) is 0 Å². The van der Waals surface area contributed by atoms with Crippen molar-refractivity contribution in [3.8, 4) is 0 Å². The minimum atomic E-state index is -0.136. The van der Waals surface area contributed by atoms with Gasteiger partial charge in [0.15, 0.2) is 0 Å². The van der Waals surface area contributed by atoms with E-state index in [1.54, 1.807) is 24.2 Å². The summed E-state index contributed by atoms with van der Waals surface area (Å²) in [5.41, 5.74) is 3.70. The number of furan rings is 1. The number of nitrogens with zero attached hydrogens (tertiary/aromatic N) is 3. The van der Waals surface area contributed by atoms with Gasteiger partial charge in [-0.1, -0.05) is 18.2 Å². The fourth-order valence-corrected chi connectivity index (χ4v) is 4.29. The zero-order chi connectivity index (χ0) is 23.7. The molecule has 0 radical (unpaired) electrons. The van der Waals surface area contributed by atoms with Gasteiger partial charge in [0.1, 0.15) is 22.7 Å². The highest BCUT2D eigenvalue weighted by Gasteiger charge is 2.16. The number of carbonyl (C=O) groups excluding carboxylic acids is 1. The lowest BCUT2D eigenvalue weighted by Crippen LogP contribution is -2.45. The van der Waals surface area contributed by atoms with E-state index in [-0.39, 0.29) is 11.5 Å². The zero-order valence-electron chi connectivity index (χ0n) is 19.3. The number of aromatic amines is 1. The molecule has 4 aromatic rings. The van der Waals surface area contributed by atoms with Crippen molar-refractivity contribution in [2.24, 2.45) is 0 Å². The maximum absolute atomic E-state index is 12.7. The highest BCUT2D eigenvalue weighted by atomic mass is 16.3. The van der Waals surface area contributed by atoms with Gasteiger partial charge in [-0.3, -0.25) is 9.59 Å². The molecule has 34 heavy (non-hydrogen) atoms. The number of piperazine rings is 1. The molecular weight excluding hydrogens is 430 g/mol. The fourth-order valence-electron chi connectivity index (χ4n) is 4.29. The molecule has 4 heterocycles. The largest absolute Gasteiger partial charge is 0.459 e. The highest BCUT2D eigenvalue weighted by Crippen LogP contribution is 2.25. The number of carbonyl (C=O) groups is 1. The Balaban J connectivity index is 1.33. The van der Waals surface area contributed by atoms with Crippen LogP contribution >= 0.6 is 0 Å². The average molecular weight is 458 g/mol. The lowest BCUT2D eigenvalue weighted by atomic mass is 10.1. The summed E-state index contributed by atoms with van der Waals surface area (Å²) in [7, 11) is 1.75. The predicted molar refractivity (Wildman–Crippen MR) is 134 cm³/mol. The second-order valence-electron chi connectivity index (χ2n) is 8.60. The number of para-hydroxylation sites is 1. The Morgan fingerprint density at radius 1 is 1.24 bits per heavy atom. The molecule has 8 nitrogen and oxygen atoms in total. The van der Waals surface area contributed by atoms with Crippen LogP contribution in [-0.4, -0.2) is 54.0 Å². The molecular formula is C26H27N5O3. The van der Waals surface area contributed by atoms with Gasteiger partial charge >= 0.3 is 0 Å². The van der Waals surface area contributed by atoms with Gasteiger partial charge in [0.2, 0.25) is 5.91 Å². The number of pyridine rings is 2. The van der Waals surface area contributed by atoms with Gasteiger partial charge in [0.25, 0.3) is 5.56 Å². The molecule has 1 aliphatic rings. The van der Waals surface area contributed by atoms with Crippen molar-refractivity contribution in [3.63, 3.8) is 0 Å². The van der Waals surface area contributed by atoms with Gasteiger partial charge < -0.3 is 24.5 Å². The van der Waals surface area contributed by atoms with Gasteiger partial charge in [0.05, 0.1) is 6.54 Å². The van der Waals surface area contributed by atoms with Crippen molar-refractivity contribution in [2.75, 3.05) is 38.1 Å². The van der Waals surface area contributed by atoms with Crippen molar-refractivity contribution in [1.29, 1.82) is 0 Å². The zero-order valence-corrected chi connectivity index (χ0v) is 19.3. The van der Waals surface area contributed by atoms with Crippen LogP contribution in [0.4, 0.5) is 5.69 Å². The third-order valence-corrected chi connectivity index (χ3v) is 6.27. The number of benzene rings is 1. The second kappa shape index (κ2) is 9.15. The lowest BCUT2D eigenvalue weighted by molar-refractivity contribution is -0.125. The number of nitrogens with one attached hydrogen (secondary N) is 2. The Hall–Kier alpha value is -3.91. The molecule has 0 atom stereocenters. The molecule has 0 bridgehead atoms. The van der Waals surface area contributed by atoms with E-state index >= 15 is 0 Å². The molecule has 8 heteroatoms. The van der Waals surface area contributed by atoms with Gasteiger partial charge in [-0.15, -0.1) is 0 Å². The Morgan fingerprint density at radius 3 is 2.82 bits per heavy atom. The van der Waals surface area contributed by atoms with Crippen molar-refractivity contribution < 1.29 is 9.21 Å². The summed E-state index contributed by atoms with van der Waals surface area (Å²) >= 11 is 0. The number of aromatic nitrogens is 2. The van der Waals surface area contributed by atoms with Crippen LogP contribution < -0.4 is 15.8 Å². The lowest BCUT2D eigenvalue weighted by Gasteiger charge is -2.28. The third-order valence-electron chi connectivity index (χ3n) is 6.27. The van der Waals surface area contributed by atoms with Crippen LogP contribution in [0.25, 0.3) is 28.1 Å². The third kappa shape index (κ3) is 4.32. The molecule has 1 aliphatic heterocycles. The monoisotopic (exact) mass is 457 g/mol. The molecule has 1 saturated heterocycles. The van der Waals surface area contributed by atoms with Crippen LogP contribution in [0, 0.1) is 6.92 Å². The Bertz CT molecular complexity index is 1450. The van der Waals surface area contributed by atoms with E-state index in [1.165, 1.54) is 6.08 Å². The quantitative estimate of drug-likeness (QED) is 0.448. The van der Waals surface area contributed by atoms with Crippen LogP contribution in [0.3, 0.4) is 0 Å². The van der Waals surface area contributed by atoms with Crippen LogP contribution in [0.1, 0.15) is 16.9 Å². The number of H-pyrrole nitrogens is 1.